The molecule has 3 heterocycles. The van der Waals surface area contributed by atoms with Crippen molar-refractivity contribution in [3.8, 4) is 11.5 Å². The number of rotatable bonds is 8. The highest BCUT2D eigenvalue weighted by atomic mass is 32.2. The molecule has 0 bridgehead atoms. The zero-order valence-electron chi connectivity index (χ0n) is 24.5. The molecule has 5 rings (SSSR count). The molecule has 0 aliphatic rings. The molecule has 0 aliphatic carbocycles. The number of ether oxygens (including phenoxy) is 1. The summed E-state index contributed by atoms with van der Waals surface area (Å²) in [5, 5.41) is 6.65. The van der Waals surface area contributed by atoms with E-state index in [4.69, 9.17) is 4.74 Å². The molecule has 43 heavy (non-hydrogen) atoms. The Hall–Kier alpha value is -4.64. The number of hydrogen-bond donors (Lipinski definition) is 1. The fourth-order valence-corrected chi connectivity index (χ4v) is 6.10. The third kappa shape index (κ3) is 6.41. The zero-order valence-corrected chi connectivity index (χ0v) is 25.3. The van der Waals surface area contributed by atoms with Crippen LogP contribution in [0.4, 0.5) is 10.1 Å². The average Bonchev–Trinajstić information content (AvgIpc) is 3.44. The van der Waals surface area contributed by atoms with Gasteiger partial charge in [0.25, 0.3) is 0 Å². The van der Waals surface area contributed by atoms with Gasteiger partial charge in [-0.3, -0.25) is 19.4 Å². The minimum absolute atomic E-state index is 0.0277. The minimum Gasteiger partial charge on any atom is -0.453 e. The molecule has 0 unspecified atom stereocenters. The van der Waals surface area contributed by atoms with Gasteiger partial charge in [-0.25, -0.2) is 12.8 Å². The summed E-state index contributed by atoms with van der Waals surface area (Å²) in [7, 11) is -3.78. The second-order valence-corrected chi connectivity index (χ2v) is 13.6. The first kappa shape index (κ1) is 29.8. The number of hydrogen-bond acceptors (Lipinski definition) is 7. The Morgan fingerprint density at radius 3 is 2.56 bits per heavy atom. The molecule has 3 aromatic heterocycles. The van der Waals surface area contributed by atoms with Crippen molar-refractivity contribution in [3.05, 3.63) is 102 Å². The second-order valence-electron chi connectivity index (χ2n) is 11.4. The quantitative estimate of drug-likeness (QED) is 0.215. The van der Waals surface area contributed by atoms with E-state index in [-0.39, 0.29) is 34.3 Å². The highest BCUT2D eigenvalue weighted by Crippen LogP contribution is 2.36. The smallest absolute Gasteiger partial charge is 0.228 e. The van der Waals surface area contributed by atoms with Crippen molar-refractivity contribution in [1.82, 2.24) is 19.7 Å². The molecule has 9 nitrogen and oxygen atoms in total. The van der Waals surface area contributed by atoms with Gasteiger partial charge in [0.15, 0.2) is 21.4 Å². The maximum absolute atomic E-state index is 15.4. The van der Waals surface area contributed by atoms with Gasteiger partial charge in [-0.1, -0.05) is 12.1 Å². The number of carbonyl (C=O) groups excluding carboxylic acids is 1. The standard InChI is InChI=1S/C32H32FN5O4S/c1-20-13-22(15-30(39)37-24-18-36-38(19-24)32(3,4)5)14-27(33)31(20)42-29-10-12-35-28-9-8-25(16-26(28)29)43(40,41)21(2)23-7-6-11-34-17-23/h6-14,16-19,21H,15H2,1-5H3,(H,37,39)/t21-/m0/s1. The monoisotopic (exact) mass is 601 g/mol. The number of amides is 1. The van der Waals surface area contributed by atoms with Crippen LogP contribution in [-0.2, 0) is 26.6 Å². The van der Waals surface area contributed by atoms with Crippen molar-refractivity contribution in [1.29, 1.82) is 0 Å². The van der Waals surface area contributed by atoms with E-state index in [9.17, 15) is 13.2 Å². The number of carbonyl (C=O) groups is 1. The summed E-state index contributed by atoms with van der Waals surface area (Å²) in [5.74, 6) is -0.739. The van der Waals surface area contributed by atoms with Gasteiger partial charge in [0.05, 0.1) is 39.5 Å². The summed E-state index contributed by atoms with van der Waals surface area (Å²) in [6.45, 7) is 9.29. The van der Waals surface area contributed by atoms with Crippen LogP contribution in [0.15, 0.2) is 84.4 Å². The number of nitrogens with zero attached hydrogens (tertiary/aromatic N) is 4. The number of sulfone groups is 1. The first-order chi connectivity index (χ1) is 20.3. The van der Waals surface area contributed by atoms with E-state index in [0.717, 1.165) is 0 Å². The van der Waals surface area contributed by atoms with Gasteiger partial charge in [0.2, 0.25) is 5.91 Å². The summed E-state index contributed by atoms with van der Waals surface area (Å²) in [6, 6.07) is 12.5. The molecule has 0 saturated carbocycles. The molecule has 1 amide bonds. The van der Waals surface area contributed by atoms with Crippen LogP contribution >= 0.6 is 0 Å². The number of pyridine rings is 2. The van der Waals surface area contributed by atoms with Gasteiger partial charge in [-0.15, -0.1) is 0 Å². The van der Waals surface area contributed by atoms with Gasteiger partial charge in [0, 0.05) is 30.2 Å². The number of nitrogens with one attached hydrogen (secondary N) is 1. The molecular weight excluding hydrogens is 569 g/mol. The molecule has 0 aliphatic heterocycles. The van der Waals surface area contributed by atoms with E-state index < -0.39 is 20.9 Å². The molecule has 1 N–H and O–H groups in total. The Balaban J connectivity index is 1.38. The van der Waals surface area contributed by atoms with Crippen molar-refractivity contribution in [3.63, 3.8) is 0 Å². The van der Waals surface area contributed by atoms with E-state index in [2.05, 4.69) is 20.4 Å². The lowest BCUT2D eigenvalue weighted by Crippen LogP contribution is -2.22. The van der Waals surface area contributed by atoms with Gasteiger partial charge in [-0.05, 0) is 87.7 Å². The number of anilines is 1. The number of aryl methyl sites for hydroxylation is 1. The lowest BCUT2D eigenvalue weighted by molar-refractivity contribution is -0.115. The first-order valence-electron chi connectivity index (χ1n) is 13.7. The molecule has 11 heteroatoms. The fourth-order valence-electron chi connectivity index (χ4n) is 4.65. The molecule has 0 saturated heterocycles. The number of fused-ring (bicyclic) bond motifs is 1. The highest BCUT2D eigenvalue weighted by Gasteiger charge is 2.26. The van der Waals surface area contributed by atoms with E-state index in [1.807, 2.05) is 20.8 Å². The van der Waals surface area contributed by atoms with Crippen molar-refractivity contribution >= 4 is 32.3 Å². The van der Waals surface area contributed by atoms with Crippen LogP contribution < -0.4 is 10.1 Å². The predicted molar refractivity (Wildman–Crippen MR) is 162 cm³/mol. The van der Waals surface area contributed by atoms with E-state index in [1.165, 1.54) is 30.6 Å². The third-order valence-electron chi connectivity index (χ3n) is 7.04. The molecule has 0 radical (unpaired) electrons. The summed E-state index contributed by atoms with van der Waals surface area (Å²) in [4.78, 5) is 21.1. The van der Waals surface area contributed by atoms with Gasteiger partial charge >= 0.3 is 0 Å². The Kier molecular flexibility index (Phi) is 8.02. The zero-order chi connectivity index (χ0) is 30.9. The topological polar surface area (TPSA) is 116 Å². The molecule has 2 aromatic carbocycles. The minimum atomic E-state index is -3.78. The Morgan fingerprint density at radius 1 is 1.09 bits per heavy atom. The van der Waals surface area contributed by atoms with Gasteiger partial charge < -0.3 is 10.1 Å². The van der Waals surface area contributed by atoms with Crippen LogP contribution in [-0.4, -0.2) is 34.1 Å². The maximum Gasteiger partial charge on any atom is 0.228 e. The lowest BCUT2D eigenvalue weighted by atomic mass is 10.1. The second kappa shape index (κ2) is 11.6. The molecule has 5 aromatic rings. The highest BCUT2D eigenvalue weighted by molar-refractivity contribution is 7.91. The number of aromatic nitrogens is 4. The predicted octanol–water partition coefficient (Wildman–Crippen LogP) is 6.54. The molecule has 0 fully saturated rings. The van der Waals surface area contributed by atoms with Gasteiger partial charge in [0.1, 0.15) is 5.75 Å². The van der Waals surface area contributed by atoms with Crippen LogP contribution in [0.25, 0.3) is 10.9 Å². The largest absolute Gasteiger partial charge is 0.453 e. The van der Waals surface area contributed by atoms with Crippen molar-refractivity contribution < 1.29 is 22.3 Å². The fraction of sp³-hybridized carbons (Fsp3) is 0.250. The number of benzene rings is 2. The van der Waals surface area contributed by atoms with Crippen LogP contribution in [0, 0.1) is 12.7 Å². The molecule has 222 valence electrons. The molecular formula is C32H32FN5O4S. The Labute approximate surface area is 249 Å². The third-order valence-corrected chi connectivity index (χ3v) is 9.15. The van der Waals surface area contributed by atoms with Crippen molar-refractivity contribution in [2.45, 2.75) is 56.7 Å². The maximum atomic E-state index is 15.4. The van der Waals surface area contributed by atoms with Crippen molar-refractivity contribution in [2.24, 2.45) is 0 Å². The van der Waals surface area contributed by atoms with Crippen LogP contribution in [0.1, 0.15) is 49.6 Å². The Morgan fingerprint density at radius 2 is 1.88 bits per heavy atom. The Bertz CT molecular complexity index is 1890. The number of halogens is 1. The SMILES string of the molecule is Cc1cc(CC(=O)Nc2cnn(C(C)(C)C)c2)cc(F)c1Oc1ccnc2ccc(S(=O)(=O)[C@@H](C)c3cccnc3)cc12. The summed E-state index contributed by atoms with van der Waals surface area (Å²) < 4.78 is 50.1. The van der Waals surface area contributed by atoms with Crippen LogP contribution in [0.3, 0.4) is 0 Å². The molecule has 0 spiro atoms. The average molecular weight is 602 g/mol. The normalized spacial score (nSPS) is 12.7. The molecule has 1 atom stereocenters. The first-order valence-corrected chi connectivity index (χ1v) is 15.2. The van der Waals surface area contributed by atoms with E-state index in [0.29, 0.717) is 33.3 Å². The van der Waals surface area contributed by atoms with Crippen molar-refractivity contribution in [2.75, 3.05) is 5.32 Å². The van der Waals surface area contributed by atoms with Crippen LogP contribution in [0.2, 0.25) is 0 Å². The lowest BCUT2D eigenvalue weighted by Gasteiger charge is -2.18. The van der Waals surface area contributed by atoms with E-state index >= 15 is 4.39 Å². The van der Waals surface area contributed by atoms with E-state index in [1.54, 1.807) is 67.5 Å². The van der Waals surface area contributed by atoms with Crippen LogP contribution in [0.5, 0.6) is 11.5 Å². The summed E-state index contributed by atoms with van der Waals surface area (Å²) in [6.07, 6.45) is 7.89. The summed E-state index contributed by atoms with van der Waals surface area (Å²) >= 11 is 0. The van der Waals surface area contributed by atoms with Gasteiger partial charge in [-0.2, -0.15) is 5.10 Å². The summed E-state index contributed by atoms with van der Waals surface area (Å²) in [5.41, 5.74) is 2.33.